The maximum absolute atomic E-state index is 12.4. The number of hydrogen-bond donors (Lipinski definition) is 1. The number of fused-ring (bicyclic) bond motifs is 1. The van der Waals surface area contributed by atoms with Crippen LogP contribution in [0.2, 0.25) is 0 Å². The molecule has 2 aromatic rings. The summed E-state index contributed by atoms with van der Waals surface area (Å²) in [4.78, 5) is 18.9. The fourth-order valence-corrected chi connectivity index (χ4v) is 3.90. The van der Waals surface area contributed by atoms with Crippen molar-refractivity contribution in [3.05, 3.63) is 51.5 Å². The van der Waals surface area contributed by atoms with Crippen molar-refractivity contribution in [3.63, 3.8) is 0 Å². The molecule has 1 aliphatic carbocycles. The average molecular weight is 300 g/mol. The van der Waals surface area contributed by atoms with Crippen molar-refractivity contribution in [2.45, 2.75) is 39.2 Å². The van der Waals surface area contributed by atoms with E-state index in [2.05, 4.69) is 23.3 Å². The van der Waals surface area contributed by atoms with Gasteiger partial charge in [0.2, 0.25) is 0 Å². The summed E-state index contributed by atoms with van der Waals surface area (Å²) in [5.41, 5.74) is 2.26. The van der Waals surface area contributed by atoms with Gasteiger partial charge in [-0.3, -0.25) is 9.78 Å². The Morgan fingerprint density at radius 2 is 2.33 bits per heavy atom. The molecule has 0 bridgehead atoms. The minimum absolute atomic E-state index is 0.0141. The van der Waals surface area contributed by atoms with Gasteiger partial charge in [0.25, 0.3) is 5.91 Å². The number of nitrogens with one attached hydrogen (secondary N) is 1. The predicted octanol–water partition coefficient (Wildman–Crippen LogP) is 3.76. The van der Waals surface area contributed by atoms with Crippen LogP contribution in [0.4, 0.5) is 0 Å². The summed E-state index contributed by atoms with van der Waals surface area (Å²) in [7, 11) is 0. The molecule has 3 nitrogen and oxygen atoms in total. The molecule has 2 aromatic heterocycles. The lowest BCUT2D eigenvalue weighted by molar-refractivity contribution is 0.0943. The third-order valence-electron chi connectivity index (χ3n) is 4.03. The van der Waals surface area contributed by atoms with Gasteiger partial charge in [0, 0.05) is 11.1 Å². The minimum Gasteiger partial charge on any atom is -0.343 e. The van der Waals surface area contributed by atoms with E-state index >= 15 is 0 Å². The van der Waals surface area contributed by atoms with Gasteiger partial charge in [0.1, 0.15) is 0 Å². The van der Waals surface area contributed by atoms with Crippen LogP contribution in [-0.4, -0.2) is 10.9 Å². The van der Waals surface area contributed by atoms with Gasteiger partial charge >= 0.3 is 0 Å². The van der Waals surface area contributed by atoms with E-state index in [1.54, 1.807) is 17.5 Å². The van der Waals surface area contributed by atoms with Gasteiger partial charge in [-0.25, -0.2) is 0 Å². The summed E-state index contributed by atoms with van der Waals surface area (Å²) in [6.45, 7) is 4.25. The van der Waals surface area contributed by atoms with Crippen LogP contribution in [0.3, 0.4) is 0 Å². The van der Waals surface area contributed by atoms with Crippen LogP contribution in [0.5, 0.6) is 0 Å². The molecule has 0 aromatic carbocycles. The lowest BCUT2D eigenvalue weighted by atomic mass is 9.90. The first kappa shape index (κ1) is 14.3. The summed E-state index contributed by atoms with van der Waals surface area (Å²) >= 11 is 1.65. The first-order valence-electron chi connectivity index (χ1n) is 7.47. The first-order chi connectivity index (χ1) is 10.1. The Morgan fingerprint density at radius 3 is 3.10 bits per heavy atom. The summed E-state index contributed by atoms with van der Waals surface area (Å²) in [5, 5.41) is 3.04. The Bertz CT molecular complexity index is 635. The quantitative estimate of drug-likeness (QED) is 0.938. The Hall–Kier alpha value is -1.68. The molecule has 0 fully saturated rings. The topological polar surface area (TPSA) is 42.0 Å². The van der Waals surface area contributed by atoms with E-state index < -0.39 is 0 Å². The summed E-state index contributed by atoms with van der Waals surface area (Å²) in [5.74, 6) is 0.746. The van der Waals surface area contributed by atoms with Gasteiger partial charge < -0.3 is 5.32 Å². The van der Waals surface area contributed by atoms with Gasteiger partial charge in [-0.15, -0.1) is 11.3 Å². The summed E-state index contributed by atoms with van der Waals surface area (Å²) < 4.78 is 0. The van der Waals surface area contributed by atoms with E-state index in [-0.39, 0.29) is 11.9 Å². The molecule has 0 spiro atoms. The Labute approximate surface area is 129 Å². The van der Waals surface area contributed by atoms with Gasteiger partial charge in [-0.1, -0.05) is 13.0 Å². The van der Waals surface area contributed by atoms with Crippen LogP contribution in [-0.2, 0) is 12.8 Å². The van der Waals surface area contributed by atoms with Crippen LogP contribution in [0.25, 0.3) is 0 Å². The predicted molar refractivity (Wildman–Crippen MR) is 85.6 cm³/mol. The van der Waals surface area contributed by atoms with Crippen LogP contribution in [0.1, 0.15) is 52.1 Å². The third-order valence-corrected chi connectivity index (χ3v) is 5.27. The van der Waals surface area contributed by atoms with Crippen molar-refractivity contribution in [2.75, 3.05) is 0 Å². The zero-order valence-electron chi connectivity index (χ0n) is 12.4. The molecule has 4 heteroatoms. The highest BCUT2D eigenvalue weighted by Crippen LogP contribution is 2.32. The minimum atomic E-state index is -0.0725. The number of aryl methyl sites for hydroxylation is 1. The highest BCUT2D eigenvalue weighted by Gasteiger charge is 2.21. The molecule has 1 amide bonds. The SMILES string of the molecule is C[C@@H]1CCc2sc(C(=O)N[C@@H](C)c3ccccn3)cc2C1. The molecule has 1 N–H and O–H groups in total. The molecular weight excluding hydrogens is 280 g/mol. The number of carbonyl (C=O) groups is 1. The lowest BCUT2D eigenvalue weighted by Gasteiger charge is -2.16. The zero-order valence-corrected chi connectivity index (χ0v) is 13.2. The molecule has 1 aliphatic rings. The monoisotopic (exact) mass is 300 g/mol. The van der Waals surface area contributed by atoms with Gasteiger partial charge in [-0.2, -0.15) is 0 Å². The van der Waals surface area contributed by atoms with Gasteiger partial charge in [0.15, 0.2) is 0 Å². The number of carbonyl (C=O) groups excluding carboxylic acids is 1. The molecule has 0 unspecified atom stereocenters. The van der Waals surface area contributed by atoms with Crippen molar-refractivity contribution < 1.29 is 4.79 Å². The van der Waals surface area contributed by atoms with Crippen molar-refractivity contribution in [1.82, 2.24) is 10.3 Å². The van der Waals surface area contributed by atoms with E-state index in [0.29, 0.717) is 0 Å². The van der Waals surface area contributed by atoms with Crippen molar-refractivity contribution in [2.24, 2.45) is 5.92 Å². The Kier molecular flexibility index (Phi) is 4.06. The van der Waals surface area contributed by atoms with Crippen molar-refractivity contribution in [3.8, 4) is 0 Å². The number of nitrogens with zero attached hydrogens (tertiary/aromatic N) is 1. The standard InChI is InChI=1S/C17H20N2OS/c1-11-6-7-15-13(9-11)10-16(21-15)17(20)19-12(2)14-5-3-4-8-18-14/h3-5,8,10-12H,6-7,9H2,1-2H3,(H,19,20)/t11-,12+/m1/s1. The number of aromatic nitrogens is 1. The van der Waals surface area contributed by atoms with E-state index in [1.165, 1.54) is 16.9 Å². The molecule has 0 radical (unpaired) electrons. The fourth-order valence-electron chi connectivity index (χ4n) is 2.79. The summed E-state index contributed by atoms with van der Waals surface area (Å²) in [6.07, 6.45) is 5.21. The van der Waals surface area contributed by atoms with Crippen LogP contribution in [0, 0.1) is 5.92 Å². The van der Waals surface area contributed by atoms with E-state index in [0.717, 1.165) is 29.3 Å². The van der Waals surface area contributed by atoms with E-state index in [1.807, 2.05) is 25.1 Å². The first-order valence-corrected chi connectivity index (χ1v) is 8.28. The van der Waals surface area contributed by atoms with Crippen molar-refractivity contribution >= 4 is 17.2 Å². The fraction of sp³-hybridized carbons (Fsp3) is 0.412. The highest BCUT2D eigenvalue weighted by atomic mass is 32.1. The molecule has 3 rings (SSSR count). The zero-order chi connectivity index (χ0) is 14.8. The van der Waals surface area contributed by atoms with Crippen molar-refractivity contribution in [1.29, 1.82) is 0 Å². The molecular formula is C17H20N2OS. The number of rotatable bonds is 3. The molecule has 0 saturated heterocycles. The van der Waals surface area contributed by atoms with E-state index in [9.17, 15) is 4.79 Å². The normalized spacial score (nSPS) is 18.9. The van der Waals surface area contributed by atoms with Crippen LogP contribution >= 0.6 is 11.3 Å². The second-order valence-corrected chi connectivity index (χ2v) is 6.99. The number of pyridine rings is 1. The second kappa shape index (κ2) is 5.98. The Morgan fingerprint density at radius 1 is 1.48 bits per heavy atom. The van der Waals surface area contributed by atoms with Gasteiger partial charge in [0.05, 0.1) is 16.6 Å². The van der Waals surface area contributed by atoms with Gasteiger partial charge in [-0.05, 0) is 55.9 Å². The molecule has 0 aliphatic heterocycles. The second-order valence-electron chi connectivity index (χ2n) is 5.86. The molecule has 2 heterocycles. The number of amides is 1. The van der Waals surface area contributed by atoms with Crippen LogP contribution in [0.15, 0.2) is 30.5 Å². The highest BCUT2D eigenvalue weighted by molar-refractivity contribution is 7.14. The maximum atomic E-state index is 12.4. The third kappa shape index (κ3) is 3.16. The summed E-state index contributed by atoms with van der Waals surface area (Å²) in [6, 6.07) is 7.77. The number of thiophene rings is 1. The maximum Gasteiger partial charge on any atom is 0.261 e. The average Bonchev–Trinajstić information content (AvgIpc) is 2.91. The van der Waals surface area contributed by atoms with E-state index in [4.69, 9.17) is 0 Å². The molecule has 0 saturated carbocycles. The molecule has 21 heavy (non-hydrogen) atoms. The van der Waals surface area contributed by atoms with Crippen LogP contribution < -0.4 is 5.32 Å². The largest absolute Gasteiger partial charge is 0.343 e. The smallest absolute Gasteiger partial charge is 0.261 e. The molecule has 110 valence electrons. The number of hydrogen-bond acceptors (Lipinski definition) is 3. The lowest BCUT2D eigenvalue weighted by Crippen LogP contribution is -2.26. The Balaban J connectivity index is 1.71. The molecule has 2 atom stereocenters.